The predicted octanol–water partition coefficient (Wildman–Crippen LogP) is 8.05. The first kappa shape index (κ1) is 37.1. The molecule has 0 saturated carbocycles. The number of sulfonamides is 1. The highest BCUT2D eigenvalue weighted by atomic mass is 35.5. The summed E-state index contributed by atoms with van der Waals surface area (Å²) in [5.41, 5.74) is 2.75. The molecule has 5 aromatic carbocycles. The van der Waals surface area contributed by atoms with E-state index >= 15 is 0 Å². The minimum atomic E-state index is -4.25. The van der Waals surface area contributed by atoms with Crippen LogP contribution in [-0.2, 0) is 32.6 Å². The summed E-state index contributed by atoms with van der Waals surface area (Å²) in [4.78, 5) is 30.2. The number of hydrogen-bond donors (Lipinski definition) is 1. The lowest BCUT2D eigenvalue weighted by atomic mass is 10.0. The number of para-hydroxylation sites is 1. The Morgan fingerprint density at radius 1 is 0.745 bits per heavy atom. The molecule has 0 saturated heterocycles. The van der Waals surface area contributed by atoms with Gasteiger partial charge in [-0.15, -0.1) is 0 Å². The van der Waals surface area contributed by atoms with Crippen LogP contribution in [0.2, 0.25) is 5.02 Å². The standard InChI is InChI=1S/C41H42ClN3O5S/c1-30(2)27-43-41(47)39(26-32-10-6-4-7-11-32)44(28-33-16-18-34(42)19-17-33)40(46)29-45(51(48,49)38-24-14-31(3)15-25-38)35-20-22-37(23-21-35)50-36-12-8-5-9-13-36/h4-25,30,39H,26-29H2,1-3H3,(H,43,47)/t39-/m1/s1. The molecule has 5 rings (SSSR count). The van der Waals surface area contributed by atoms with Crippen LogP contribution in [0, 0.1) is 12.8 Å². The molecule has 0 radical (unpaired) electrons. The SMILES string of the molecule is Cc1ccc(S(=O)(=O)N(CC(=O)N(Cc2ccc(Cl)cc2)[C@H](Cc2ccccc2)C(=O)NCC(C)C)c2ccc(Oc3ccccc3)cc2)cc1. The maximum absolute atomic E-state index is 14.7. The lowest BCUT2D eigenvalue weighted by Gasteiger charge is -2.34. The van der Waals surface area contributed by atoms with E-state index in [1.165, 1.54) is 17.0 Å². The van der Waals surface area contributed by atoms with Gasteiger partial charge in [0.1, 0.15) is 24.1 Å². The Morgan fingerprint density at radius 2 is 1.33 bits per heavy atom. The first-order valence-corrected chi connectivity index (χ1v) is 18.6. The van der Waals surface area contributed by atoms with Crippen LogP contribution >= 0.6 is 11.6 Å². The zero-order valence-electron chi connectivity index (χ0n) is 28.9. The summed E-state index contributed by atoms with van der Waals surface area (Å²) < 4.78 is 35.8. The van der Waals surface area contributed by atoms with Crippen molar-refractivity contribution in [2.24, 2.45) is 5.92 Å². The van der Waals surface area contributed by atoms with Crippen LogP contribution in [0.15, 0.2) is 138 Å². The molecule has 5 aromatic rings. The Balaban J connectivity index is 1.55. The van der Waals surface area contributed by atoms with Crippen molar-refractivity contribution >= 4 is 39.1 Å². The fourth-order valence-electron chi connectivity index (χ4n) is 5.43. The summed E-state index contributed by atoms with van der Waals surface area (Å²) in [6, 6.07) is 37.8. The van der Waals surface area contributed by atoms with E-state index in [9.17, 15) is 18.0 Å². The molecule has 10 heteroatoms. The molecule has 1 atom stereocenters. The summed E-state index contributed by atoms with van der Waals surface area (Å²) in [5.74, 6) is 0.424. The number of benzene rings is 5. The third-order valence-electron chi connectivity index (χ3n) is 8.21. The number of nitrogens with zero attached hydrogens (tertiary/aromatic N) is 2. The average molecular weight is 724 g/mol. The first-order valence-electron chi connectivity index (χ1n) is 16.8. The zero-order valence-corrected chi connectivity index (χ0v) is 30.5. The number of rotatable bonds is 15. The summed E-state index contributed by atoms with van der Waals surface area (Å²) in [6.07, 6.45) is 0.223. The van der Waals surface area contributed by atoms with Gasteiger partial charge in [-0.2, -0.15) is 0 Å². The number of halogens is 1. The molecule has 264 valence electrons. The lowest BCUT2D eigenvalue weighted by Crippen LogP contribution is -2.53. The van der Waals surface area contributed by atoms with E-state index in [0.717, 1.165) is 21.0 Å². The fourth-order valence-corrected chi connectivity index (χ4v) is 6.97. The van der Waals surface area contributed by atoms with Crippen molar-refractivity contribution in [3.8, 4) is 11.5 Å². The molecule has 0 spiro atoms. The minimum Gasteiger partial charge on any atom is -0.457 e. The molecular weight excluding hydrogens is 682 g/mol. The van der Waals surface area contributed by atoms with Gasteiger partial charge in [0.05, 0.1) is 10.6 Å². The molecule has 1 N–H and O–H groups in total. The Hall–Kier alpha value is -5.12. The second-order valence-corrected chi connectivity index (χ2v) is 15.0. The maximum Gasteiger partial charge on any atom is 0.264 e. The van der Waals surface area contributed by atoms with E-state index < -0.39 is 28.5 Å². The van der Waals surface area contributed by atoms with Crippen molar-refractivity contribution < 1.29 is 22.7 Å². The van der Waals surface area contributed by atoms with E-state index in [2.05, 4.69) is 5.32 Å². The zero-order chi connectivity index (χ0) is 36.4. The van der Waals surface area contributed by atoms with Gasteiger partial charge in [0.15, 0.2) is 0 Å². The van der Waals surface area contributed by atoms with Gasteiger partial charge in [-0.1, -0.05) is 104 Å². The monoisotopic (exact) mass is 723 g/mol. The number of amides is 2. The van der Waals surface area contributed by atoms with Crippen LogP contribution in [0.4, 0.5) is 5.69 Å². The molecule has 0 unspecified atom stereocenters. The van der Waals surface area contributed by atoms with Gasteiger partial charge in [-0.3, -0.25) is 13.9 Å². The van der Waals surface area contributed by atoms with Crippen molar-refractivity contribution in [3.63, 3.8) is 0 Å². The number of carbonyl (C=O) groups excluding carboxylic acids is 2. The molecule has 0 aliphatic carbocycles. The first-order chi connectivity index (χ1) is 24.5. The lowest BCUT2D eigenvalue weighted by molar-refractivity contribution is -0.140. The van der Waals surface area contributed by atoms with Crippen molar-refractivity contribution in [2.75, 3.05) is 17.4 Å². The van der Waals surface area contributed by atoms with Crippen LogP contribution in [0.3, 0.4) is 0 Å². The molecule has 0 heterocycles. The Bertz CT molecular complexity index is 1990. The topological polar surface area (TPSA) is 96.0 Å². The van der Waals surface area contributed by atoms with Gasteiger partial charge in [0.2, 0.25) is 11.8 Å². The van der Waals surface area contributed by atoms with Crippen molar-refractivity contribution in [1.29, 1.82) is 0 Å². The van der Waals surface area contributed by atoms with Crippen LogP contribution in [-0.4, -0.2) is 44.3 Å². The van der Waals surface area contributed by atoms with Gasteiger partial charge < -0.3 is 15.0 Å². The van der Waals surface area contributed by atoms with Crippen LogP contribution in [0.5, 0.6) is 11.5 Å². The highest BCUT2D eigenvalue weighted by molar-refractivity contribution is 7.92. The summed E-state index contributed by atoms with van der Waals surface area (Å²) in [6.45, 7) is 5.75. The quantitative estimate of drug-likeness (QED) is 0.118. The van der Waals surface area contributed by atoms with Gasteiger partial charge in [-0.25, -0.2) is 8.42 Å². The highest BCUT2D eigenvalue weighted by Crippen LogP contribution is 2.29. The second kappa shape index (κ2) is 17.2. The molecule has 0 fully saturated rings. The van der Waals surface area contributed by atoms with Crippen molar-refractivity contribution in [2.45, 2.75) is 44.7 Å². The van der Waals surface area contributed by atoms with Gasteiger partial charge in [0.25, 0.3) is 10.0 Å². The number of nitrogens with one attached hydrogen (secondary N) is 1. The summed E-state index contributed by atoms with van der Waals surface area (Å²) >= 11 is 6.19. The minimum absolute atomic E-state index is 0.0327. The van der Waals surface area contributed by atoms with E-state index in [1.807, 2.05) is 81.4 Å². The molecular formula is C41H42ClN3O5S. The van der Waals surface area contributed by atoms with E-state index in [1.54, 1.807) is 60.7 Å². The van der Waals surface area contributed by atoms with Crippen molar-refractivity contribution in [1.82, 2.24) is 10.2 Å². The molecule has 0 aliphatic heterocycles. The van der Waals surface area contributed by atoms with Crippen LogP contribution in [0.25, 0.3) is 0 Å². The van der Waals surface area contributed by atoms with Gasteiger partial charge >= 0.3 is 0 Å². The molecule has 0 aliphatic rings. The largest absolute Gasteiger partial charge is 0.457 e. The number of ether oxygens (including phenoxy) is 1. The van der Waals surface area contributed by atoms with Crippen molar-refractivity contribution in [3.05, 3.63) is 155 Å². The number of carbonyl (C=O) groups is 2. The van der Waals surface area contributed by atoms with E-state index in [4.69, 9.17) is 16.3 Å². The van der Waals surface area contributed by atoms with E-state index in [-0.39, 0.29) is 35.4 Å². The summed E-state index contributed by atoms with van der Waals surface area (Å²) in [7, 11) is -4.25. The maximum atomic E-state index is 14.7. The Labute approximate surface area is 305 Å². The van der Waals surface area contributed by atoms with Crippen LogP contribution < -0.4 is 14.4 Å². The third-order valence-corrected chi connectivity index (χ3v) is 10.3. The summed E-state index contributed by atoms with van der Waals surface area (Å²) in [5, 5.41) is 3.54. The average Bonchev–Trinajstić information content (AvgIpc) is 3.13. The van der Waals surface area contributed by atoms with Crippen LogP contribution in [0.1, 0.15) is 30.5 Å². The van der Waals surface area contributed by atoms with Gasteiger partial charge in [0, 0.05) is 24.5 Å². The predicted molar refractivity (Wildman–Crippen MR) is 202 cm³/mol. The number of hydrogen-bond acceptors (Lipinski definition) is 5. The third kappa shape index (κ3) is 10.2. The molecule has 51 heavy (non-hydrogen) atoms. The Morgan fingerprint density at radius 3 is 1.94 bits per heavy atom. The second-order valence-electron chi connectivity index (χ2n) is 12.7. The van der Waals surface area contributed by atoms with E-state index in [0.29, 0.717) is 23.1 Å². The Kier molecular flexibility index (Phi) is 12.5. The highest BCUT2D eigenvalue weighted by Gasteiger charge is 2.34. The molecule has 2 amide bonds. The number of aryl methyl sites for hydroxylation is 1. The molecule has 0 aromatic heterocycles. The number of anilines is 1. The smallest absolute Gasteiger partial charge is 0.264 e. The molecule has 0 bridgehead atoms. The fraction of sp³-hybridized carbons (Fsp3) is 0.220. The normalized spacial score (nSPS) is 11.9. The molecule has 8 nitrogen and oxygen atoms in total. The van der Waals surface area contributed by atoms with Gasteiger partial charge in [-0.05, 0) is 84.6 Å².